The summed E-state index contributed by atoms with van der Waals surface area (Å²) in [6.07, 6.45) is 1.57. The van der Waals surface area contributed by atoms with E-state index in [1.807, 2.05) is 65.2 Å². The van der Waals surface area contributed by atoms with E-state index in [2.05, 4.69) is 10.2 Å². The minimum Gasteiger partial charge on any atom is -0.466 e. The Bertz CT molecular complexity index is 1060. The minimum atomic E-state index is -0.240. The lowest BCUT2D eigenvalue weighted by Crippen LogP contribution is -2.43. The van der Waals surface area contributed by atoms with Crippen LogP contribution in [-0.4, -0.2) is 57.0 Å². The normalized spacial score (nSPS) is 16.0. The number of nitrogens with zero attached hydrogens (tertiary/aromatic N) is 4. The van der Waals surface area contributed by atoms with E-state index < -0.39 is 0 Å². The zero-order valence-electron chi connectivity index (χ0n) is 18.0. The van der Waals surface area contributed by atoms with Crippen molar-refractivity contribution in [2.45, 2.75) is 24.9 Å². The van der Waals surface area contributed by atoms with Crippen molar-refractivity contribution in [3.63, 3.8) is 0 Å². The summed E-state index contributed by atoms with van der Waals surface area (Å²) in [7, 11) is 0. The monoisotopic (exact) mass is 450 g/mol. The highest BCUT2D eigenvalue weighted by molar-refractivity contribution is 7.99. The highest BCUT2D eigenvalue weighted by atomic mass is 32.2. The lowest BCUT2D eigenvalue weighted by atomic mass is 9.98. The summed E-state index contributed by atoms with van der Waals surface area (Å²) in [5.41, 5.74) is 1.89. The van der Waals surface area contributed by atoms with E-state index in [9.17, 15) is 9.59 Å². The molecule has 166 valence electrons. The van der Waals surface area contributed by atoms with E-state index in [1.54, 1.807) is 11.8 Å². The molecule has 0 radical (unpaired) electrons. The number of ether oxygens (including phenoxy) is 1. The van der Waals surface area contributed by atoms with Crippen molar-refractivity contribution < 1.29 is 14.3 Å². The van der Waals surface area contributed by atoms with Gasteiger partial charge in [-0.15, -0.1) is 10.2 Å². The Morgan fingerprint density at radius 3 is 2.50 bits per heavy atom. The fourth-order valence-corrected chi connectivity index (χ4v) is 4.68. The molecule has 1 atom stereocenters. The third kappa shape index (κ3) is 5.02. The van der Waals surface area contributed by atoms with E-state index in [0.717, 1.165) is 29.9 Å². The fourth-order valence-electron chi connectivity index (χ4n) is 3.82. The van der Waals surface area contributed by atoms with E-state index in [4.69, 9.17) is 4.74 Å². The lowest BCUT2D eigenvalue weighted by Gasteiger charge is -2.31. The average molecular weight is 451 g/mol. The maximum Gasteiger partial charge on any atom is 0.310 e. The van der Waals surface area contributed by atoms with Crippen LogP contribution in [0.1, 0.15) is 19.8 Å². The second-order valence-electron chi connectivity index (χ2n) is 7.56. The van der Waals surface area contributed by atoms with Crippen LogP contribution in [0.2, 0.25) is 0 Å². The Morgan fingerprint density at radius 2 is 1.78 bits per heavy atom. The number of para-hydroxylation sites is 1. The van der Waals surface area contributed by atoms with Gasteiger partial charge in [0.05, 0.1) is 18.3 Å². The van der Waals surface area contributed by atoms with Crippen molar-refractivity contribution >= 4 is 23.6 Å². The van der Waals surface area contributed by atoms with Gasteiger partial charge >= 0.3 is 5.97 Å². The summed E-state index contributed by atoms with van der Waals surface area (Å²) in [5.74, 6) is 0.499. The molecule has 7 nitrogen and oxygen atoms in total. The quantitative estimate of drug-likeness (QED) is 0.402. The third-order valence-corrected chi connectivity index (χ3v) is 6.31. The van der Waals surface area contributed by atoms with Crippen LogP contribution >= 0.6 is 11.8 Å². The van der Waals surface area contributed by atoms with Gasteiger partial charge in [-0.05, 0) is 31.9 Å². The summed E-state index contributed by atoms with van der Waals surface area (Å²) in [4.78, 5) is 26.8. The molecule has 4 rings (SSSR count). The third-order valence-electron chi connectivity index (χ3n) is 5.40. The first-order chi connectivity index (χ1) is 15.7. The van der Waals surface area contributed by atoms with Gasteiger partial charge in [0.25, 0.3) is 0 Å². The number of hydrogen-bond donors (Lipinski definition) is 0. The number of aromatic nitrogens is 3. The van der Waals surface area contributed by atoms with Crippen LogP contribution in [0.3, 0.4) is 0 Å². The van der Waals surface area contributed by atoms with Gasteiger partial charge in [0.2, 0.25) is 5.91 Å². The summed E-state index contributed by atoms with van der Waals surface area (Å²) >= 11 is 1.36. The van der Waals surface area contributed by atoms with Crippen LogP contribution < -0.4 is 0 Å². The molecule has 2 heterocycles. The molecule has 3 aromatic rings. The number of likely N-dealkylation sites (tertiary alicyclic amines) is 1. The SMILES string of the molecule is CCOC(=O)C1CCCN(C(=O)CSc2nnc(-c3ccccc3)n2-c2ccccc2)C1. The van der Waals surface area contributed by atoms with Gasteiger partial charge in [0, 0.05) is 24.3 Å². The zero-order valence-corrected chi connectivity index (χ0v) is 18.8. The number of carbonyl (C=O) groups is 2. The van der Waals surface area contributed by atoms with Crippen LogP contribution in [0.15, 0.2) is 65.8 Å². The van der Waals surface area contributed by atoms with Crippen LogP contribution in [0.5, 0.6) is 0 Å². The number of esters is 1. The molecule has 0 aliphatic carbocycles. The van der Waals surface area contributed by atoms with E-state index >= 15 is 0 Å². The molecule has 0 saturated carbocycles. The molecule has 1 saturated heterocycles. The first-order valence-corrected chi connectivity index (χ1v) is 11.8. The molecule has 1 aliphatic heterocycles. The Kier molecular flexibility index (Phi) is 7.21. The van der Waals surface area contributed by atoms with Crippen LogP contribution in [0.4, 0.5) is 0 Å². The predicted octanol–water partition coefficient (Wildman–Crippen LogP) is 3.83. The number of hydrogen-bond acceptors (Lipinski definition) is 6. The van der Waals surface area contributed by atoms with Gasteiger partial charge in [-0.2, -0.15) is 0 Å². The van der Waals surface area contributed by atoms with E-state index in [0.29, 0.717) is 24.9 Å². The smallest absolute Gasteiger partial charge is 0.310 e. The zero-order chi connectivity index (χ0) is 22.3. The molecular formula is C24H26N4O3S. The maximum atomic E-state index is 12.9. The molecule has 1 aliphatic rings. The number of thioether (sulfide) groups is 1. The Hall–Kier alpha value is -3.13. The van der Waals surface area contributed by atoms with Gasteiger partial charge in [-0.25, -0.2) is 0 Å². The molecule has 8 heteroatoms. The van der Waals surface area contributed by atoms with Crippen molar-refractivity contribution in [2.24, 2.45) is 5.92 Å². The summed E-state index contributed by atoms with van der Waals surface area (Å²) < 4.78 is 7.12. The number of rotatable bonds is 7. The van der Waals surface area contributed by atoms with Crippen molar-refractivity contribution in [2.75, 3.05) is 25.4 Å². The molecule has 32 heavy (non-hydrogen) atoms. The second kappa shape index (κ2) is 10.5. The Balaban J connectivity index is 1.50. The molecule has 0 spiro atoms. The molecule has 0 bridgehead atoms. The Labute approximate surface area is 191 Å². The first-order valence-electron chi connectivity index (χ1n) is 10.8. The van der Waals surface area contributed by atoms with Crippen LogP contribution in [-0.2, 0) is 14.3 Å². The van der Waals surface area contributed by atoms with Gasteiger partial charge in [0.15, 0.2) is 11.0 Å². The van der Waals surface area contributed by atoms with E-state index in [1.165, 1.54) is 11.8 Å². The highest BCUT2D eigenvalue weighted by Gasteiger charge is 2.29. The molecular weight excluding hydrogens is 424 g/mol. The van der Waals surface area contributed by atoms with Crippen molar-refractivity contribution in [3.05, 3.63) is 60.7 Å². The summed E-state index contributed by atoms with van der Waals surface area (Å²) in [6, 6.07) is 19.8. The standard InChI is InChI=1S/C24H26N4O3S/c1-2-31-23(30)19-12-9-15-27(16-19)21(29)17-32-24-26-25-22(18-10-5-3-6-11-18)28(24)20-13-7-4-8-14-20/h3-8,10-11,13-14,19H,2,9,12,15-17H2,1H3. The molecule has 2 aromatic carbocycles. The molecule has 1 unspecified atom stereocenters. The lowest BCUT2D eigenvalue weighted by molar-refractivity contribution is -0.151. The number of piperidine rings is 1. The van der Waals surface area contributed by atoms with Crippen LogP contribution in [0.25, 0.3) is 17.1 Å². The maximum absolute atomic E-state index is 12.9. The van der Waals surface area contributed by atoms with Crippen LogP contribution in [0, 0.1) is 5.92 Å². The van der Waals surface area contributed by atoms with Gasteiger partial charge in [-0.1, -0.05) is 60.3 Å². The van der Waals surface area contributed by atoms with Crippen molar-refractivity contribution in [3.8, 4) is 17.1 Å². The fraction of sp³-hybridized carbons (Fsp3) is 0.333. The minimum absolute atomic E-state index is 0.00660. The number of benzene rings is 2. The summed E-state index contributed by atoms with van der Waals surface area (Å²) in [6.45, 7) is 3.24. The van der Waals surface area contributed by atoms with Gasteiger partial charge in [-0.3, -0.25) is 14.2 Å². The topological polar surface area (TPSA) is 77.3 Å². The number of amides is 1. The molecule has 1 aromatic heterocycles. The largest absolute Gasteiger partial charge is 0.466 e. The van der Waals surface area contributed by atoms with Crippen molar-refractivity contribution in [1.29, 1.82) is 0 Å². The first kappa shape index (κ1) is 22.1. The molecule has 0 N–H and O–H groups in total. The van der Waals surface area contributed by atoms with Gasteiger partial charge < -0.3 is 9.64 Å². The highest BCUT2D eigenvalue weighted by Crippen LogP contribution is 2.28. The Morgan fingerprint density at radius 1 is 1.06 bits per heavy atom. The number of carbonyl (C=O) groups excluding carboxylic acids is 2. The average Bonchev–Trinajstić information content (AvgIpc) is 3.28. The van der Waals surface area contributed by atoms with E-state index in [-0.39, 0.29) is 23.5 Å². The predicted molar refractivity (Wildman–Crippen MR) is 123 cm³/mol. The van der Waals surface area contributed by atoms with Gasteiger partial charge in [0.1, 0.15) is 0 Å². The molecule has 1 fully saturated rings. The summed E-state index contributed by atoms with van der Waals surface area (Å²) in [5, 5.41) is 9.45. The second-order valence-corrected chi connectivity index (χ2v) is 8.51. The molecule has 1 amide bonds. The van der Waals surface area contributed by atoms with Crippen molar-refractivity contribution in [1.82, 2.24) is 19.7 Å².